The summed E-state index contributed by atoms with van der Waals surface area (Å²) < 4.78 is 0. The summed E-state index contributed by atoms with van der Waals surface area (Å²) >= 11 is 1.86. The third-order valence-corrected chi connectivity index (χ3v) is 6.63. The van der Waals surface area contributed by atoms with Gasteiger partial charge in [0.15, 0.2) is 0 Å². The lowest BCUT2D eigenvalue weighted by molar-refractivity contribution is -0.136. The molecule has 4 rings (SSSR count). The normalized spacial score (nSPS) is 22.2. The number of hydrogen-bond acceptors (Lipinski definition) is 6. The maximum absolute atomic E-state index is 12.8. The van der Waals surface area contributed by atoms with Crippen molar-refractivity contribution in [3.8, 4) is 0 Å². The summed E-state index contributed by atoms with van der Waals surface area (Å²) in [4.78, 5) is 54.5. The molecule has 1 N–H and O–H groups in total. The highest BCUT2D eigenvalue weighted by Gasteiger charge is 2.35. The van der Waals surface area contributed by atoms with Gasteiger partial charge in [-0.2, -0.15) is 11.8 Å². The molecule has 8 nitrogen and oxygen atoms in total. The Kier molecular flexibility index (Phi) is 5.60. The van der Waals surface area contributed by atoms with Crippen LogP contribution in [0.25, 0.3) is 0 Å². The predicted octanol–water partition coefficient (Wildman–Crippen LogP) is 0.891. The number of anilines is 1. The van der Waals surface area contributed by atoms with Crippen LogP contribution in [-0.2, 0) is 9.59 Å². The fourth-order valence-corrected chi connectivity index (χ4v) is 5.02. The summed E-state index contributed by atoms with van der Waals surface area (Å²) in [5.41, 5.74) is 1.12. The Labute approximate surface area is 173 Å². The van der Waals surface area contributed by atoms with Gasteiger partial charge in [-0.25, -0.2) is 0 Å². The van der Waals surface area contributed by atoms with Gasteiger partial charge in [-0.1, -0.05) is 0 Å². The third-order valence-electron chi connectivity index (χ3n) is 5.69. The van der Waals surface area contributed by atoms with E-state index in [4.69, 9.17) is 0 Å². The van der Waals surface area contributed by atoms with E-state index in [0.717, 1.165) is 42.3 Å². The lowest BCUT2D eigenvalue weighted by Crippen LogP contribution is -2.49. The fraction of sp³-hybridized carbons (Fsp3) is 0.500. The average Bonchev–Trinajstić information content (AvgIpc) is 3.27. The van der Waals surface area contributed by atoms with Crippen LogP contribution >= 0.6 is 11.8 Å². The van der Waals surface area contributed by atoms with Gasteiger partial charge in [0.25, 0.3) is 11.8 Å². The number of carbonyl (C=O) groups excluding carboxylic acids is 4. The molecule has 1 atom stereocenters. The fourth-order valence-electron chi connectivity index (χ4n) is 4.11. The van der Waals surface area contributed by atoms with Crippen LogP contribution in [-0.4, -0.2) is 89.1 Å². The van der Waals surface area contributed by atoms with Crippen LogP contribution in [0.1, 0.15) is 33.6 Å². The molecule has 0 aromatic heterocycles. The van der Waals surface area contributed by atoms with Gasteiger partial charge >= 0.3 is 0 Å². The number of hydrogen-bond donors (Lipinski definition) is 1. The topological polar surface area (TPSA) is 90.0 Å². The number of nitrogens with zero attached hydrogens (tertiary/aromatic N) is 3. The van der Waals surface area contributed by atoms with Crippen molar-refractivity contribution in [2.45, 2.75) is 18.9 Å². The average molecular weight is 417 g/mol. The molecule has 29 heavy (non-hydrogen) atoms. The first-order valence-corrected chi connectivity index (χ1v) is 11.0. The van der Waals surface area contributed by atoms with Crippen molar-refractivity contribution < 1.29 is 19.2 Å². The van der Waals surface area contributed by atoms with Crippen LogP contribution in [0, 0.1) is 0 Å². The van der Waals surface area contributed by atoms with E-state index < -0.39 is 0 Å². The van der Waals surface area contributed by atoms with E-state index in [-0.39, 0.29) is 36.2 Å². The minimum Gasteiger partial charge on any atom is -0.340 e. The molecular weight excluding hydrogens is 392 g/mol. The highest BCUT2D eigenvalue weighted by atomic mass is 32.2. The van der Waals surface area contributed by atoms with Gasteiger partial charge in [0, 0.05) is 37.3 Å². The summed E-state index contributed by atoms with van der Waals surface area (Å²) in [5.74, 6) is 1.12. The van der Waals surface area contributed by atoms with E-state index in [9.17, 15) is 19.2 Å². The van der Waals surface area contributed by atoms with Gasteiger partial charge in [0.05, 0.1) is 23.7 Å². The maximum atomic E-state index is 12.8. The van der Waals surface area contributed by atoms with Crippen molar-refractivity contribution in [3.05, 3.63) is 29.3 Å². The molecule has 1 aromatic rings. The van der Waals surface area contributed by atoms with Crippen molar-refractivity contribution >= 4 is 41.1 Å². The number of carbonyl (C=O) groups is 4. The lowest BCUT2D eigenvalue weighted by atomic mass is 10.1. The van der Waals surface area contributed by atoms with Crippen molar-refractivity contribution in [1.29, 1.82) is 0 Å². The van der Waals surface area contributed by atoms with Gasteiger partial charge < -0.3 is 10.2 Å². The number of benzene rings is 1. The molecule has 0 aliphatic carbocycles. The van der Waals surface area contributed by atoms with Crippen LogP contribution in [0.3, 0.4) is 0 Å². The third kappa shape index (κ3) is 3.89. The van der Waals surface area contributed by atoms with Crippen LogP contribution in [0.4, 0.5) is 5.69 Å². The molecule has 9 heteroatoms. The molecule has 0 radical (unpaired) electrons. The monoisotopic (exact) mass is 416 g/mol. The number of likely N-dealkylation sites (tertiary alicyclic amines) is 1. The van der Waals surface area contributed by atoms with Crippen molar-refractivity contribution in [2.75, 3.05) is 50.0 Å². The van der Waals surface area contributed by atoms with Crippen molar-refractivity contribution in [2.24, 2.45) is 0 Å². The molecule has 1 unspecified atom stereocenters. The van der Waals surface area contributed by atoms with Gasteiger partial charge in [0.1, 0.15) is 0 Å². The SMILES string of the molecule is CN1C(=O)c2ccc(NC(=O)CN3CCCC3C(=O)N3CCSCC3)cc2C1=O. The molecule has 1 aromatic carbocycles. The van der Waals surface area contributed by atoms with Gasteiger partial charge in [0.2, 0.25) is 11.8 Å². The second-order valence-electron chi connectivity index (χ2n) is 7.54. The zero-order valence-corrected chi connectivity index (χ0v) is 17.2. The first-order chi connectivity index (χ1) is 14.0. The Morgan fingerprint density at radius 3 is 2.59 bits per heavy atom. The Morgan fingerprint density at radius 1 is 1.10 bits per heavy atom. The molecule has 0 spiro atoms. The van der Waals surface area contributed by atoms with E-state index in [1.165, 1.54) is 13.1 Å². The van der Waals surface area contributed by atoms with Gasteiger partial charge in [-0.3, -0.25) is 29.0 Å². The summed E-state index contributed by atoms with van der Waals surface area (Å²) in [6.45, 7) is 2.39. The molecule has 4 amide bonds. The Morgan fingerprint density at radius 2 is 1.83 bits per heavy atom. The van der Waals surface area contributed by atoms with E-state index in [2.05, 4.69) is 5.32 Å². The van der Waals surface area contributed by atoms with Crippen molar-refractivity contribution in [1.82, 2.24) is 14.7 Å². The number of rotatable bonds is 4. The number of amides is 4. The van der Waals surface area contributed by atoms with E-state index in [1.807, 2.05) is 21.6 Å². The number of imide groups is 1. The second kappa shape index (κ2) is 8.16. The largest absolute Gasteiger partial charge is 0.340 e. The number of thioether (sulfide) groups is 1. The summed E-state index contributed by atoms with van der Waals surface area (Å²) in [5, 5.41) is 2.80. The van der Waals surface area contributed by atoms with Crippen LogP contribution in [0.2, 0.25) is 0 Å². The standard InChI is InChI=1S/C20H24N4O4S/c1-22-18(26)14-5-4-13(11-15(14)19(22)27)21-17(25)12-24-6-2-3-16(24)20(28)23-7-9-29-10-8-23/h4-5,11,16H,2-3,6-10,12H2,1H3,(H,21,25). The summed E-state index contributed by atoms with van der Waals surface area (Å²) in [6.07, 6.45) is 1.67. The molecule has 3 heterocycles. The van der Waals surface area contributed by atoms with Crippen molar-refractivity contribution in [3.63, 3.8) is 0 Å². The predicted molar refractivity (Wildman–Crippen MR) is 110 cm³/mol. The second-order valence-corrected chi connectivity index (χ2v) is 8.77. The molecule has 0 bridgehead atoms. The molecule has 3 aliphatic heterocycles. The van der Waals surface area contributed by atoms with E-state index in [1.54, 1.807) is 12.1 Å². The summed E-state index contributed by atoms with van der Waals surface area (Å²) in [6, 6.07) is 4.48. The minimum absolute atomic E-state index is 0.125. The lowest BCUT2D eigenvalue weighted by Gasteiger charge is -2.32. The van der Waals surface area contributed by atoms with Gasteiger partial charge in [-0.15, -0.1) is 0 Å². The van der Waals surface area contributed by atoms with E-state index in [0.29, 0.717) is 23.4 Å². The quantitative estimate of drug-likeness (QED) is 0.734. The molecule has 0 saturated carbocycles. The molecule has 2 saturated heterocycles. The smallest absolute Gasteiger partial charge is 0.261 e. The molecule has 3 aliphatic rings. The Balaban J connectivity index is 1.39. The van der Waals surface area contributed by atoms with E-state index >= 15 is 0 Å². The number of nitrogens with one attached hydrogen (secondary N) is 1. The summed E-state index contributed by atoms with van der Waals surface area (Å²) in [7, 11) is 1.44. The molecular formula is C20H24N4O4S. The van der Waals surface area contributed by atoms with Crippen LogP contribution < -0.4 is 5.32 Å². The first-order valence-electron chi connectivity index (χ1n) is 9.82. The minimum atomic E-state index is -0.369. The van der Waals surface area contributed by atoms with Crippen LogP contribution in [0.15, 0.2) is 18.2 Å². The van der Waals surface area contributed by atoms with Crippen LogP contribution in [0.5, 0.6) is 0 Å². The maximum Gasteiger partial charge on any atom is 0.261 e. The number of fused-ring (bicyclic) bond motifs is 1. The first kappa shape index (κ1) is 19.9. The highest BCUT2D eigenvalue weighted by Crippen LogP contribution is 2.25. The van der Waals surface area contributed by atoms with Gasteiger partial charge in [-0.05, 0) is 37.6 Å². The zero-order valence-electron chi connectivity index (χ0n) is 16.3. The molecule has 154 valence electrons. The Hall–Kier alpha value is -2.39. The Bertz CT molecular complexity index is 868. The zero-order chi connectivity index (χ0) is 20.5. The molecule has 2 fully saturated rings. The highest BCUT2D eigenvalue weighted by molar-refractivity contribution is 7.99.